The van der Waals surface area contributed by atoms with Crippen molar-refractivity contribution >= 4 is 5.91 Å². The fraction of sp³-hybridized carbons (Fsp3) is 0.417. The Morgan fingerprint density at radius 2 is 2.19 bits per heavy atom. The summed E-state index contributed by atoms with van der Waals surface area (Å²) in [6, 6.07) is 6.17. The molecule has 0 aromatic heterocycles. The first-order valence-corrected chi connectivity index (χ1v) is 5.48. The number of rotatable bonds is 3. The van der Waals surface area contributed by atoms with Crippen LogP contribution >= 0.6 is 0 Å². The van der Waals surface area contributed by atoms with Gasteiger partial charge in [0.15, 0.2) is 0 Å². The lowest BCUT2D eigenvalue weighted by atomic mass is 10.1. The van der Waals surface area contributed by atoms with E-state index in [0.717, 1.165) is 25.1 Å². The monoisotopic (exact) mass is 222 g/mol. The maximum absolute atomic E-state index is 12.6. The van der Waals surface area contributed by atoms with Crippen molar-refractivity contribution in [3.05, 3.63) is 35.6 Å². The molecule has 86 valence electrons. The molecule has 2 N–H and O–H groups in total. The zero-order valence-corrected chi connectivity index (χ0v) is 9.00. The van der Waals surface area contributed by atoms with Gasteiger partial charge in [0.2, 0.25) is 5.91 Å². The Labute approximate surface area is 94.0 Å². The Morgan fingerprint density at radius 3 is 2.81 bits per heavy atom. The van der Waals surface area contributed by atoms with Crippen LogP contribution in [-0.4, -0.2) is 19.0 Å². The minimum absolute atomic E-state index is 0.0781. The number of carbonyl (C=O) groups is 1. The first kappa shape index (κ1) is 11.1. The number of hydrogen-bond acceptors (Lipinski definition) is 2. The van der Waals surface area contributed by atoms with Crippen molar-refractivity contribution in [3.63, 3.8) is 0 Å². The summed E-state index contributed by atoms with van der Waals surface area (Å²) < 4.78 is 12.6. The molecule has 1 atom stereocenters. The first-order chi connectivity index (χ1) is 7.75. The predicted octanol–water partition coefficient (Wildman–Crippen LogP) is 1.05. The minimum Gasteiger partial charge on any atom is -0.352 e. The van der Waals surface area contributed by atoms with E-state index in [2.05, 4.69) is 10.6 Å². The molecule has 0 aliphatic carbocycles. The molecule has 0 spiro atoms. The van der Waals surface area contributed by atoms with Crippen molar-refractivity contribution in [3.8, 4) is 0 Å². The van der Waals surface area contributed by atoms with Gasteiger partial charge in [-0.25, -0.2) is 4.39 Å². The number of amides is 1. The molecule has 1 saturated heterocycles. The van der Waals surface area contributed by atoms with E-state index in [1.165, 1.54) is 12.1 Å². The zero-order chi connectivity index (χ0) is 11.4. The average molecular weight is 222 g/mol. The predicted molar refractivity (Wildman–Crippen MR) is 59.2 cm³/mol. The molecule has 1 aromatic rings. The molecule has 1 amide bonds. The van der Waals surface area contributed by atoms with Crippen molar-refractivity contribution in [2.24, 2.45) is 5.92 Å². The van der Waals surface area contributed by atoms with Crippen LogP contribution in [-0.2, 0) is 11.3 Å². The van der Waals surface area contributed by atoms with Gasteiger partial charge in [0.1, 0.15) is 5.82 Å². The summed E-state index contributed by atoms with van der Waals surface area (Å²) >= 11 is 0. The fourth-order valence-corrected chi connectivity index (χ4v) is 1.81. The number of carbonyl (C=O) groups excluding carboxylic acids is 1. The fourth-order valence-electron chi connectivity index (χ4n) is 1.81. The summed E-state index contributed by atoms with van der Waals surface area (Å²) in [5, 5.41) is 6.01. The lowest BCUT2D eigenvalue weighted by molar-refractivity contribution is -0.124. The standard InChI is InChI=1S/C12H15FN2O/c13-11-3-1-9(2-4-11)7-15-12(16)10-5-6-14-8-10/h1-4,10,14H,5-8H2,(H,15,16)/t10-/m1/s1. The highest BCUT2D eigenvalue weighted by molar-refractivity contribution is 5.79. The van der Waals surface area contributed by atoms with Crippen LogP contribution in [0.15, 0.2) is 24.3 Å². The second kappa shape index (κ2) is 5.07. The number of halogens is 1. The Bertz CT molecular complexity index is 358. The van der Waals surface area contributed by atoms with E-state index in [0.29, 0.717) is 6.54 Å². The summed E-state index contributed by atoms with van der Waals surface area (Å²) in [5.74, 6) is -0.0927. The molecule has 4 heteroatoms. The first-order valence-electron chi connectivity index (χ1n) is 5.48. The Balaban J connectivity index is 1.82. The molecule has 1 aromatic carbocycles. The smallest absolute Gasteiger partial charge is 0.224 e. The molecule has 3 nitrogen and oxygen atoms in total. The SMILES string of the molecule is O=C(NCc1ccc(F)cc1)[C@@H]1CCNC1. The third-order valence-electron chi connectivity index (χ3n) is 2.81. The van der Waals surface area contributed by atoms with E-state index >= 15 is 0 Å². The quantitative estimate of drug-likeness (QED) is 0.802. The van der Waals surface area contributed by atoms with Gasteiger partial charge in [-0.1, -0.05) is 12.1 Å². The van der Waals surface area contributed by atoms with Crippen molar-refractivity contribution in [1.82, 2.24) is 10.6 Å². The molecule has 1 fully saturated rings. The maximum atomic E-state index is 12.6. The second-order valence-electron chi connectivity index (χ2n) is 4.03. The van der Waals surface area contributed by atoms with Gasteiger partial charge in [-0.15, -0.1) is 0 Å². The number of hydrogen-bond donors (Lipinski definition) is 2. The zero-order valence-electron chi connectivity index (χ0n) is 9.00. The third-order valence-corrected chi connectivity index (χ3v) is 2.81. The van der Waals surface area contributed by atoms with Crippen LogP contribution in [0.1, 0.15) is 12.0 Å². The molecule has 0 saturated carbocycles. The topological polar surface area (TPSA) is 41.1 Å². The van der Waals surface area contributed by atoms with Crippen LogP contribution < -0.4 is 10.6 Å². The Morgan fingerprint density at radius 1 is 1.44 bits per heavy atom. The summed E-state index contributed by atoms with van der Waals surface area (Å²) in [5.41, 5.74) is 0.917. The van der Waals surface area contributed by atoms with Crippen molar-refractivity contribution in [2.45, 2.75) is 13.0 Å². The largest absolute Gasteiger partial charge is 0.352 e. The van der Waals surface area contributed by atoms with Gasteiger partial charge in [-0.2, -0.15) is 0 Å². The average Bonchev–Trinajstić information content (AvgIpc) is 2.81. The summed E-state index contributed by atoms with van der Waals surface area (Å²) in [4.78, 5) is 11.7. The van der Waals surface area contributed by atoms with Gasteiger partial charge in [0.25, 0.3) is 0 Å². The molecule has 0 unspecified atom stereocenters. The van der Waals surface area contributed by atoms with Gasteiger partial charge in [0.05, 0.1) is 5.92 Å². The van der Waals surface area contributed by atoms with Crippen LogP contribution in [0.3, 0.4) is 0 Å². The highest BCUT2D eigenvalue weighted by atomic mass is 19.1. The molecule has 1 aliphatic heterocycles. The second-order valence-corrected chi connectivity index (χ2v) is 4.03. The molecule has 0 bridgehead atoms. The van der Waals surface area contributed by atoms with Crippen molar-refractivity contribution < 1.29 is 9.18 Å². The van der Waals surface area contributed by atoms with Crippen LogP contribution in [0, 0.1) is 11.7 Å². The summed E-state index contributed by atoms with van der Waals surface area (Å²) in [6.07, 6.45) is 0.898. The maximum Gasteiger partial charge on any atom is 0.224 e. The molecular formula is C12H15FN2O. The van der Waals surface area contributed by atoms with Crippen LogP contribution in [0.2, 0.25) is 0 Å². The Kier molecular flexibility index (Phi) is 3.51. The van der Waals surface area contributed by atoms with Crippen molar-refractivity contribution in [2.75, 3.05) is 13.1 Å². The molecule has 0 radical (unpaired) electrons. The lowest BCUT2D eigenvalue weighted by Gasteiger charge is -2.09. The van der Waals surface area contributed by atoms with Gasteiger partial charge in [-0.05, 0) is 30.7 Å². The van der Waals surface area contributed by atoms with Gasteiger partial charge >= 0.3 is 0 Å². The molecule has 2 rings (SSSR count). The van der Waals surface area contributed by atoms with E-state index in [1.807, 2.05) is 0 Å². The summed E-state index contributed by atoms with van der Waals surface area (Å²) in [6.45, 7) is 2.14. The number of nitrogens with one attached hydrogen (secondary N) is 2. The van der Waals surface area contributed by atoms with Gasteiger partial charge in [-0.3, -0.25) is 4.79 Å². The van der Waals surface area contributed by atoms with E-state index in [9.17, 15) is 9.18 Å². The van der Waals surface area contributed by atoms with Gasteiger partial charge in [0, 0.05) is 13.1 Å². The summed E-state index contributed by atoms with van der Waals surface area (Å²) in [7, 11) is 0. The van der Waals surface area contributed by atoms with E-state index in [1.54, 1.807) is 12.1 Å². The highest BCUT2D eigenvalue weighted by Crippen LogP contribution is 2.08. The lowest BCUT2D eigenvalue weighted by Crippen LogP contribution is -2.31. The number of benzene rings is 1. The van der Waals surface area contributed by atoms with E-state index in [4.69, 9.17) is 0 Å². The van der Waals surface area contributed by atoms with E-state index in [-0.39, 0.29) is 17.6 Å². The molecule has 1 heterocycles. The highest BCUT2D eigenvalue weighted by Gasteiger charge is 2.21. The molecular weight excluding hydrogens is 207 g/mol. The molecule has 16 heavy (non-hydrogen) atoms. The van der Waals surface area contributed by atoms with Crippen LogP contribution in [0.4, 0.5) is 4.39 Å². The minimum atomic E-state index is -0.255. The molecule has 1 aliphatic rings. The van der Waals surface area contributed by atoms with E-state index < -0.39 is 0 Å². The Hall–Kier alpha value is -1.42. The van der Waals surface area contributed by atoms with Crippen molar-refractivity contribution in [1.29, 1.82) is 0 Å². The third kappa shape index (κ3) is 2.79. The van der Waals surface area contributed by atoms with Crippen LogP contribution in [0.5, 0.6) is 0 Å². The van der Waals surface area contributed by atoms with Gasteiger partial charge < -0.3 is 10.6 Å². The normalized spacial score (nSPS) is 19.7. The van der Waals surface area contributed by atoms with Crippen LogP contribution in [0.25, 0.3) is 0 Å².